The van der Waals surface area contributed by atoms with Crippen molar-refractivity contribution in [3.63, 3.8) is 0 Å². The van der Waals surface area contributed by atoms with E-state index in [2.05, 4.69) is 6.07 Å². The molecule has 2 aliphatic heterocycles. The molecule has 0 radical (unpaired) electrons. The van der Waals surface area contributed by atoms with E-state index in [4.69, 9.17) is 14.2 Å². The van der Waals surface area contributed by atoms with Gasteiger partial charge in [-0.3, -0.25) is 0 Å². The van der Waals surface area contributed by atoms with Gasteiger partial charge in [0, 0.05) is 18.8 Å². The minimum absolute atomic E-state index is 0.723. The number of nitrogens with one attached hydrogen (secondary N) is 2. The highest BCUT2D eigenvalue weighted by atomic mass is 16.5. The van der Waals surface area contributed by atoms with Gasteiger partial charge < -0.3 is 24.0 Å². The molecule has 156 valence electrons. The average Bonchev–Trinajstić information content (AvgIpc) is 3.22. The van der Waals surface area contributed by atoms with Crippen LogP contribution in [0.2, 0.25) is 0 Å². The molecule has 4 rings (SSSR count). The zero-order valence-electron chi connectivity index (χ0n) is 17.9. The second-order valence-corrected chi connectivity index (χ2v) is 8.91. The van der Waals surface area contributed by atoms with E-state index in [-0.39, 0.29) is 0 Å². The molecule has 0 aromatic heterocycles. The summed E-state index contributed by atoms with van der Waals surface area (Å²) in [4.78, 5) is 3.66. The van der Waals surface area contributed by atoms with E-state index in [1.807, 2.05) is 11.0 Å². The highest BCUT2D eigenvalue weighted by Crippen LogP contribution is 2.39. The lowest BCUT2D eigenvalue weighted by Crippen LogP contribution is -3.32. The zero-order valence-corrected chi connectivity index (χ0v) is 17.9. The maximum Gasteiger partial charge on any atom is 0.203 e. The first-order valence-corrected chi connectivity index (χ1v) is 11.2. The van der Waals surface area contributed by atoms with Crippen LogP contribution in [0.4, 0.5) is 0 Å². The predicted octanol–water partition coefficient (Wildman–Crippen LogP) is 1.11. The van der Waals surface area contributed by atoms with Gasteiger partial charge in [-0.05, 0) is 25.0 Å². The van der Waals surface area contributed by atoms with Crippen molar-refractivity contribution in [3.8, 4) is 17.2 Å². The summed E-state index contributed by atoms with van der Waals surface area (Å²) in [6.07, 6.45) is 9.98. The lowest BCUT2D eigenvalue weighted by molar-refractivity contribution is -1.05. The molecule has 1 aliphatic carbocycles. The van der Waals surface area contributed by atoms with Crippen molar-refractivity contribution in [1.82, 2.24) is 0 Å². The number of quaternary nitrogens is 2. The average molecular weight is 391 g/mol. The summed E-state index contributed by atoms with van der Waals surface area (Å²) in [6, 6.07) is 5.87. The molecule has 1 saturated carbocycles. The van der Waals surface area contributed by atoms with Crippen LogP contribution in [0.5, 0.6) is 17.2 Å². The van der Waals surface area contributed by atoms with Crippen LogP contribution in [-0.4, -0.2) is 53.0 Å². The molecule has 2 saturated heterocycles. The minimum Gasteiger partial charge on any atom is -0.493 e. The van der Waals surface area contributed by atoms with Crippen LogP contribution in [-0.2, 0) is 6.54 Å². The maximum atomic E-state index is 5.80. The normalized spacial score (nSPS) is 30.7. The number of hydrogen-bond acceptors (Lipinski definition) is 3. The van der Waals surface area contributed by atoms with Crippen molar-refractivity contribution in [1.29, 1.82) is 0 Å². The standard InChI is InChI=1S/C23H36N2O3/c1-26-20-12-11-18(22(27-2)23(20)28-3)16-25-15-14-24-13-7-10-19(24)21(25)17-8-5-4-6-9-17/h11-12,17,19,21H,4-10,13-16H2,1-3H3/p+2/t19-,21+/m1/s1. The van der Waals surface area contributed by atoms with Gasteiger partial charge in [0.25, 0.3) is 0 Å². The van der Waals surface area contributed by atoms with Crippen LogP contribution in [0, 0.1) is 5.92 Å². The van der Waals surface area contributed by atoms with E-state index in [0.29, 0.717) is 0 Å². The lowest BCUT2D eigenvalue weighted by Gasteiger charge is -2.44. The van der Waals surface area contributed by atoms with E-state index in [1.54, 1.807) is 26.2 Å². The van der Waals surface area contributed by atoms with Crippen molar-refractivity contribution >= 4 is 0 Å². The number of rotatable bonds is 6. The van der Waals surface area contributed by atoms with Crippen LogP contribution in [0.3, 0.4) is 0 Å². The highest BCUT2D eigenvalue weighted by molar-refractivity contribution is 5.55. The summed E-state index contributed by atoms with van der Waals surface area (Å²) in [5.41, 5.74) is 1.25. The maximum absolute atomic E-state index is 5.80. The molecule has 2 heterocycles. The van der Waals surface area contributed by atoms with E-state index in [0.717, 1.165) is 41.8 Å². The van der Waals surface area contributed by atoms with Crippen molar-refractivity contribution in [2.24, 2.45) is 5.92 Å². The van der Waals surface area contributed by atoms with E-state index in [9.17, 15) is 0 Å². The number of fused-ring (bicyclic) bond motifs is 1. The Balaban J connectivity index is 1.61. The molecular weight excluding hydrogens is 352 g/mol. The number of methoxy groups -OCH3 is 3. The van der Waals surface area contributed by atoms with Gasteiger partial charge in [0.15, 0.2) is 11.5 Å². The summed E-state index contributed by atoms with van der Waals surface area (Å²) in [5, 5.41) is 0. The quantitative estimate of drug-likeness (QED) is 0.764. The molecular formula is C23H38N2O3+2. The summed E-state index contributed by atoms with van der Waals surface area (Å²) < 4.78 is 16.9. The van der Waals surface area contributed by atoms with Gasteiger partial charge in [0.05, 0.1) is 33.4 Å². The Morgan fingerprint density at radius 1 is 0.821 bits per heavy atom. The second-order valence-electron chi connectivity index (χ2n) is 8.91. The summed E-state index contributed by atoms with van der Waals surface area (Å²) in [6.45, 7) is 5.00. The Hall–Kier alpha value is -1.46. The molecule has 5 heteroatoms. The van der Waals surface area contributed by atoms with E-state index < -0.39 is 0 Å². The largest absolute Gasteiger partial charge is 0.493 e. The molecule has 0 spiro atoms. The Kier molecular flexibility index (Phi) is 6.32. The Morgan fingerprint density at radius 2 is 1.61 bits per heavy atom. The van der Waals surface area contributed by atoms with Gasteiger partial charge in [-0.1, -0.05) is 19.3 Å². The molecule has 1 aromatic rings. The predicted molar refractivity (Wildman–Crippen MR) is 110 cm³/mol. The SMILES string of the molecule is COc1ccc(C[NH+]2CC[NH+]3CCC[C@@H]3[C@@H]2C2CCCCC2)c(OC)c1OC. The number of benzene rings is 1. The van der Waals surface area contributed by atoms with Crippen molar-refractivity contribution in [2.75, 3.05) is 41.0 Å². The number of ether oxygens (including phenoxy) is 3. The lowest BCUT2D eigenvalue weighted by atomic mass is 9.78. The molecule has 2 unspecified atom stereocenters. The van der Waals surface area contributed by atoms with Gasteiger partial charge in [0.1, 0.15) is 31.7 Å². The number of piperazine rings is 1. The first kappa shape index (κ1) is 19.8. The smallest absolute Gasteiger partial charge is 0.203 e. The monoisotopic (exact) mass is 390 g/mol. The summed E-state index contributed by atoms with van der Waals surface area (Å²) >= 11 is 0. The fourth-order valence-electron chi connectivity index (χ4n) is 6.36. The van der Waals surface area contributed by atoms with Crippen molar-refractivity contribution < 1.29 is 24.0 Å². The number of hydrogen-bond donors (Lipinski definition) is 2. The fraction of sp³-hybridized carbons (Fsp3) is 0.739. The van der Waals surface area contributed by atoms with Gasteiger partial charge in [-0.25, -0.2) is 0 Å². The van der Waals surface area contributed by atoms with Crippen LogP contribution in [0.15, 0.2) is 12.1 Å². The molecule has 2 N–H and O–H groups in total. The molecule has 3 fully saturated rings. The van der Waals surface area contributed by atoms with E-state index >= 15 is 0 Å². The van der Waals surface area contributed by atoms with Gasteiger partial charge in [0.2, 0.25) is 5.75 Å². The van der Waals surface area contributed by atoms with Gasteiger partial charge in [-0.15, -0.1) is 0 Å². The minimum atomic E-state index is 0.723. The summed E-state index contributed by atoms with van der Waals surface area (Å²) in [7, 11) is 5.12. The molecule has 5 nitrogen and oxygen atoms in total. The van der Waals surface area contributed by atoms with Crippen LogP contribution in [0.1, 0.15) is 50.5 Å². The second kappa shape index (κ2) is 8.91. The molecule has 0 amide bonds. The Morgan fingerprint density at radius 3 is 2.32 bits per heavy atom. The zero-order chi connectivity index (χ0) is 19.5. The molecule has 0 bridgehead atoms. The Bertz CT molecular complexity index is 659. The van der Waals surface area contributed by atoms with Crippen molar-refractivity contribution in [3.05, 3.63) is 17.7 Å². The first-order valence-electron chi connectivity index (χ1n) is 11.2. The molecule has 28 heavy (non-hydrogen) atoms. The topological polar surface area (TPSA) is 36.6 Å². The van der Waals surface area contributed by atoms with Gasteiger partial charge >= 0.3 is 0 Å². The van der Waals surface area contributed by atoms with Crippen LogP contribution in [0.25, 0.3) is 0 Å². The third-order valence-electron chi connectivity index (χ3n) is 7.57. The fourth-order valence-corrected chi connectivity index (χ4v) is 6.36. The van der Waals surface area contributed by atoms with Crippen LogP contribution < -0.4 is 24.0 Å². The van der Waals surface area contributed by atoms with Gasteiger partial charge in [-0.2, -0.15) is 0 Å². The van der Waals surface area contributed by atoms with Crippen LogP contribution >= 0.6 is 0 Å². The molecule has 4 atom stereocenters. The molecule has 3 aliphatic rings. The molecule has 1 aromatic carbocycles. The Labute approximate surface area is 169 Å². The van der Waals surface area contributed by atoms with E-state index in [1.165, 1.54) is 70.1 Å². The summed E-state index contributed by atoms with van der Waals surface area (Å²) in [5.74, 6) is 3.21. The third kappa shape index (κ3) is 3.71. The first-order chi connectivity index (χ1) is 13.8. The van der Waals surface area contributed by atoms with Crippen molar-refractivity contribution in [2.45, 2.75) is 63.6 Å². The highest BCUT2D eigenvalue weighted by Gasteiger charge is 2.49. The third-order valence-corrected chi connectivity index (χ3v) is 7.57.